The molecule has 11 heteroatoms. The van der Waals surface area contributed by atoms with Crippen LogP contribution in [-0.4, -0.2) is 53.9 Å². The van der Waals surface area contributed by atoms with Crippen molar-refractivity contribution in [3.05, 3.63) is 57.1 Å². The van der Waals surface area contributed by atoms with E-state index in [4.69, 9.17) is 16.1 Å². The summed E-state index contributed by atoms with van der Waals surface area (Å²) in [7, 11) is 0. The number of likely N-dealkylation sites (tertiary alicyclic amines) is 1. The van der Waals surface area contributed by atoms with Gasteiger partial charge in [0.1, 0.15) is 11.2 Å². The zero-order valence-electron chi connectivity index (χ0n) is 17.1. The van der Waals surface area contributed by atoms with Crippen molar-refractivity contribution in [2.45, 2.75) is 25.7 Å². The van der Waals surface area contributed by atoms with E-state index in [1.807, 2.05) is 25.1 Å². The molecule has 4 aromatic rings. The summed E-state index contributed by atoms with van der Waals surface area (Å²) in [6.45, 7) is 2.76. The van der Waals surface area contributed by atoms with Crippen LogP contribution < -0.4 is 5.56 Å². The average Bonchev–Trinajstić information content (AvgIpc) is 3.40. The maximum absolute atomic E-state index is 12.4. The number of rotatable bonds is 3. The molecule has 1 saturated heterocycles. The molecule has 0 unspecified atom stereocenters. The Morgan fingerprint density at radius 2 is 2.03 bits per heavy atom. The number of piperidine rings is 1. The van der Waals surface area contributed by atoms with Gasteiger partial charge in [0.25, 0.3) is 11.4 Å². The number of aromatic nitrogens is 5. The number of H-pyrrole nitrogens is 1. The van der Waals surface area contributed by atoms with Gasteiger partial charge in [-0.3, -0.25) is 4.79 Å². The van der Waals surface area contributed by atoms with Crippen molar-refractivity contribution in [1.29, 1.82) is 0 Å². The number of hydrogen-bond donors (Lipinski definition) is 2. The first-order valence-electron chi connectivity index (χ1n) is 10.1. The van der Waals surface area contributed by atoms with Gasteiger partial charge in [0.15, 0.2) is 0 Å². The summed E-state index contributed by atoms with van der Waals surface area (Å²) in [4.78, 5) is 32.2. The second-order valence-electron chi connectivity index (χ2n) is 7.83. The van der Waals surface area contributed by atoms with E-state index in [0.29, 0.717) is 53.6 Å². The Kier molecular flexibility index (Phi) is 4.93. The van der Waals surface area contributed by atoms with Gasteiger partial charge in [0.05, 0.1) is 16.9 Å². The standard InChI is InChI=1S/C21H19ClN6O4/c1-11-2-3-13(15(22)8-11)18-25-20(32-26-18)14-10-23-28-16(9-17(29)24-19(14)28)12-4-6-27(7-5-12)21(30)31/h2-3,8-10,12H,4-7H2,1H3,(H,24,29)(H,30,31). The van der Waals surface area contributed by atoms with Crippen LogP contribution in [0.25, 0.3) is 28.5 Å². The summed E-state index contributed by atoms with van der Waals surface area (Å²) in [5.41, 5.74) is 3.04. The van der Waals surface area contributed by atoms with Crippen molar-refractivity contribution in [2.75, 3.05) is 13.1 Å². The number of nitrogens with one attached hydrogen (secondary N) is 1. The molecule has 5 rings (SSSR count). The first-order chi connectivity index (χ1) is 15.4. The summed E-state index contributed by atoms with van der Waals surface area (Å²) in [6, 6.07) is 7.07. The van der Waals surface area contributed by atoms with E-state index < -0.39 is 6.09 Å². The second-order valence-corrected chi connectivity index (χ2v) is 8.23. The van der Waals surface area contributed by atoms with E-state index in [1.165, 1.54) is 11.0 Å². The predicted molar refractivity (Wildman–Crippen MR) is 116 cm³/mol. The number of hydrogen-bond acceptors (Lipinski definition) is 6. The van der Waals surface area contributed by atoms with Crippen molar-refractivity contribution < 1.29 is 14.4 Å². The molecule has 164 valence electrons. The van der Waals surface area contributed by atoms with Gasteiger partial charge in [0.2, 0.25) is 5.82 Å². The van der Waals surface area contributed by atoms with Crippen LogP contribution >= 0.6 is 11.6 Å². The number of benzene rings is 1. The lowest BCUT2D eigenvalue weighted by atomic mass is 9.93. The number of halogens is 1. The van der Waals surface area contributed by atoms with Crippen LogP contribution in [0.2, 0.25) is 5.02 Å². The van der Waals surface area contributed by atoms with E-state index in [9.17, 15) is 14.7 Å². The Morgan fingerprint density at radius 1 is 1.25 bits per heavy atom. The molecule has 0 radical (unpaired) electrons. The van der Waals surface area contributed by atoms with E-state index in [0.717, 1.165) is 11.3 Å². The Hall–Kier alpha value is -3.66. The zero-order chi connectivity index (χ0) is 22.4. The summed E-state index contributed by atoms with van der Waals surface area (Å²) in [5, 5.41) is 18.2. The van der Waals surface area contributed by atoms with Gasteiger partial charge in [0, 0.05) is 30.6 Å². The van der Waals surface area contributed by atoms with Gasteiger partial charge >= 0.3 is 6.09 Å². The average molecular weight is 455 g/mol. The number of carboxylic acid groups (broad SMARTS) is 1. The van der Waals surface area contributed by atoms with Gasteiger partial charge in [-0.25, -0.2) is 9.31 Å². The molecule has 2 N–H and O–H groups in total. The maximum Gasteiger partial charge on any atom is 0.407 e. The fraction of sp³-hybridized carbons (Fsp3) is 0.286. The van der Waals surface area contributed by atoms with E-state index >= 15 is 0 Å². The Balaban J connectivity index is 1.51. The molecular formula is C21H19ClN6O4. The predicted octanol–water partition coefficient (Wildman–Crippen LogP) is 3.56. The molecule has 0 saturated carbocycles. The van der Waals surface area contributed by atoms with Crippen LogP contribution in [0.3, 0.4) is 0 Å². The second kappa shape index (κ2) is 7.79. The largest absolute Gasteiger partial charge is 0.465 e. The minimum atomic E-state index is -0.929. The molecule has 1 aromatic carbocycles. The first kappa shape index (κ1) is 20.3. The van der Waals surface area contributed by atoms with Crippen molar-refractivity contribution in [3.63, 3.8) is 0 Å². The van der Waals surface area contributed by atoms with Crippen LogP contribution in [0.4, 0.5) is 4.79 Å². The smallest absolute Gasteiger partial charge is 0.407 e. The van der Waals surface area contributed by atoms with Crippen molar-refractivity contribution in [1.82, 2.24) is 29.6 Å². The van der Waals surface area contributed by atoms with Crippen LogP contribution in [-0.2, 0) is 0 Å². The third-order valence-electron chi connectivity index (χ3n) is 5.74. The maximum atomic E-state index is 12.4. The molecule has 1 aliphatic rings. The van der Waals surface area contributed by atoms with Crippen molar-refractivity contribution >= 4 is 23.3 Å². The summed E-state index contributed by atoms with van der Waals surface area (Å²) in [6.07, 6.45) is 1.85. The summed E-state index contributed by atoms with van der Waals surface area (Å²) < 4.78 is 7.11. The highest BCUT2D eigenvalue weighted by Crippen LogP contribution is 2.32. The highest BCUT2D eigenvalue weighted by Gasteiger charge is 2.27. The van der Waals surface area contributed by atoms with Gasteiger partial charge in [-0.15, -0.1) is 0 Å². The summed E-state index contributed by atoms with van der Waals surface area (Å²) in [5.74, 6) is 0.553. The zero-order valence-corrected chi connectivity index (χ0v) is 17.8. The molecule has 32 heavy (non-hydrogen) atoms. The third kappa shape index (κ3) is 3.52. The monoisotopic (exact) mass is 454 g/mol. The van der Waals surface area contributed by atoms with E-state index in [2.05, 4.69) is 20.2 Å². The third-order valence-corrected chi connectivity index (χ3v) is 6.05. The molecule has 3 aromatic heterocycles. The topological polar surface area (TPSA) is 130 Å². The van der Waals surface area contributed by atoms with Gasteiger partial charge < -0.3 is 19.5 Å². The lowest BCUT2D eigenvalue weighted by Crippen LogP contribution is -2.37. The number of fused-ring (bicyclic) bond motifs is 1. The highest BCUT2D eigenvalue weighted by molar-refractivity contribution is 6.33. The Labute approximate surface area is 186 Å². The van der Waals surface area contributed by atoms with Crippen molar-refractivity contribution in [3.8, 4) is 22.8 Å². The quantitative estimate of drug-likeness (QED) is 0.484. The molecule has 1 fully saturated rings. The SMILES string of the molecule is Cc1ccc(-c2noc(-c3cnn4c(C5CCN(C(=O)O)CC5)cc(=O)[nH]c34)n2)c(Cl)c1. The molecular weight excluding hydrogens is 436 g/mol. The van der Waals surface area contributed by atoms with Crippen LogP contribution in [0.1, 0.15) is 30.0 Å². The van der Waals surface area contributed by atoms with Crippen LogP contribution in [0.15, 0.2) is 39.8 Å². The minimum absolute atomic E-state index is 0.00719. The molecule has 0 bridgehead atoms. The Bertz CT molecular complexity index is 1380. The van der Waals surface area contributed by atoms with Crippen LogP contribution in [0.5, 0.6) is 0 Å². The number of aromatic amines is 1. The normalized spacial score (nSPS) is 14.9. The number of carbonyl (C=O) groups is 1. The van der Waals surface area contributed by atoms with Gasteiger partial charge in [-0.2, -0.15) is 10.1 Å². The molecule has 10 nitrogen and oxygen atoms in total. The fourth-order valence-corrected chi connectivity index (χ4v) is 4.39. The van der Waals surface area contributed by atoms with Crippen LogP contribution in [0, 0.1) is 6.92 Å². The van der Waals surface area contributed by atoms with E-state index in [1.54, 1.807) is 10.7 Å². The molecule has 1 amide bonds. The molecule has 0 atom stereocenters. The minimum Gasteiger partial charge on any atom is -0.465 e. The number of aryl methyl sites for hydroxylation is 1. The number of nitrogens with zero attached hydrogens (tertiary/aromatic N) is 5. The first-order valence-corrected chi connectivity index (χ1v) is 10.5. The molecule has 0 aliphatic carbocycles. The number of amides is 1. The lowest BCUT2D eigenvalue weighted by Gasteiger charge is -2.30. The van der Waals surface area contributed by atoms with Gasteiger partial charge in [-0.05, 0) is 37.5 Å². The highest BCUT2D eigenvalue weighted by atomic mass is 35.5. The van der Waals surface area contributed by atoms with Gasteiger partial charge in [-0.1, -0.05) is 22.8 Å². The van der Waals surface area contributed by atoms with E-state index in [-0.39, 0.29) is 17.4 Å². The Morgan fingerprint density at radius 3 is 2.75 bits per heavy atom. The summed E-state index contributed by atoms with van der Waals surface area (Å²) >= 11 is 6.32. The van der Waals surface area contributed by atoms with Crippen molar-refractivity contribution in [2.24, 2.45) is 0 Å². The lowest BCUT2D eigenvalue weighted by molar-refractivity contribution is 0.131. The molecule has 0 spiro atoms. The fourth-order valence-electron chi connectivity index (χ4n) is 4.07. The molecule has 4 heterocycles. The molecule has 1 aliphatic heterocycles.